The number of amides is 2. The van der Waals surface area contributed by atoms with E-state index in [2.05, 4.69) is 10.3 Å². The number of thioether (sulfide) groups is 1. The molecular weight excluding hydrogens is 353 g/mol. The molecule has 0 aromatic heterocycles. The molecule has 2 amide bonds. The number of benzene rings is 2. The number of nitrogens with zero attached hydrogens (tertiary/aromatic N) is 2. The van der Waals surface area contributed by atoms with Gasteiger partial charge in [-0.1, -0.05) is 30.0 Å². The van der Waals surface area contributed by atoms with Crippen LogP contribution in [0.25, 0.3) is 0 Å². The molecule has 1 aliphatic heterocycles. The summed E-state index contributed by atoms with van der Waals surface area (Å²) in [6.07, 6.45) is 0.0834. The van der Waals surface area contributed by atoms with Crippen molar-refractivity contribution in [2.75, 3.05) is 16.8 Å². The number of aliphatic imine (C=N–C) groups is 1. The van der Waals surface area contributed by atoms with Gasteiger partial charge in [-0.2, -0.15) is 0 Å². The van der Waals surface area contributed by atoms with Crippen molar-refractivity contribution in [1.29, 1.82) is 0 Å². The van der Waals surface area contributed by atoms with Crippen LogP contribution in [-0.4, -0.2) is 28.8 Å². The van der Waals surface area contributed by atoms with Gasteiger partial charge in [-0.3, -0.25) is 14.6 Å². The van der Waals surface area contributed by atoms with E-state index >= 15 is 0 Å². The summed E-state index contributed by atoms with van der Waals surface area (Å²) in [5.41, 5.74) is 1.24. The van der Waals surface area contributed by atoms with Crippen LogP contribution in [0.3, 0.4) is 0 Å². The fourth-order valence-corrected chi connectivity index (χ4v) is 3.67. The predicted molar refractivity (Wildman–Crippen MR) is 103 cm³/mol. The SMILES string of the molecule is CCN=C(Nc1ccccc1)S[C@@H]1CC(=O)N(c2ccc(F)cc2)C1=O. The number of imide groups is 1. The van der Waals surface area contributed by atoms with Crippen LogP contribution in [0, 0.1) is 5.82 Å². The summed E-state index contributed by atoms with van der Waals surface area (Å²) < 4.78 is 13.1. The van der Waals surface area contributed by atoms with E-state index in [0.717, 1.165) is 10.6 Å². The molecule has 2 aromatic carbocycles. The second kappa shape index (κ2) is 8.14. The monoisotopic (exact) mass is 371 g/mol. The van der Waals surface area contributed by atoms with E-state index in [1.165, 1.54) is 36.0 Å². The molecule has 0 radical (unpaired) electrons. The number of nitrogens with one attached hydrogen (secondary N) is 1. The Balaban J connectivity index is 1.74. The highest BCUT2D eigenvalue weighted by Gasteiger charge is 2.40. The summed E-state index contributed by atoms with van der Waals surface area (Å²) in [5, 5.41) is 3.21. The normalized spacial score (nSPS) is 17.7. The van der Waals surface area contributed by atoms with Crippen molar-refractivity contribution in [3.05, 3.63) is 60.4 Å². The average Bonchev–Trinajstić information content (AvgIpc) is 2.91. The average molecular weight is 371 g/mol. The second-order valence-electron chi connectivity index (χ2n) is 5.62. The van der Waals surface area contributed by atoms with E-state index in [-0.39, 0.29) is 18.2 Å². The van der Waals surface area contributed by atoms with Crippen LogP contribution in [0.4, 0.5) is 15.8 Å². The summed E-state index contributed by atoms with van der Waals surface area (Å²) in [6, 6.07) is 14.8. The standard InChI is InChI=1S/C19H18FN3O2S/c1-2-21-19(22-14-6-4-3-5-7-14)26-16-12-17(24)23(18(16)25)15-10-8-13(20)9-11-15/h3-11,16H,2,12H2,1H3,(H,21,22)/t16-/m1/s1. The van der Waals surface area contributed by atoms with E-state index in [9.17, 15) is 14.0 Å². The van der Waals surface area contributed by atoms with E-state index in [0.29, 0.717) is 17.4 Å². The molecule has 3 rings (SSSR count). The van der Waals surface area contributed by atoms with Crippen LogP contribution in [0.1, 0.15) is 13.3 Å². The molecule has 0 aliphatic carbocycles. The first-order chi connectivity index (χ1) is 12.6. The van der Waals surface area contributed by atoms with Gasteiger partial charge < -0.3 is 5.32 Å². The molecule has 1 saturated heterocycles. The third kappa shape index (κ3) is 4.11. The summed E-state index contributed by atoms with van der Waals surface area (Å²) in [5.74, 6) is -1.02. The highest BCUT2D eigenvalue weighted by atomic mass is 32.2. The Morgan fingerprint density at radius 2 is 1.88 bits per heavy atom. The van der Waals surface area contributed by atoms with Gasteiger partial charge >= 0.3 is 0 Å². The molecule has 1 aliphatic rings. The highest BCUT2D eigenvalue weighted by molar-refractivity contribution is 8.15. The second-order valence-corrected chi connectivity index (χ2v) is 6.82. The highest BCUT2D eigenvalue weighted by Crippen LogP contribution is 2.30. The molecule has 2 aromatic rings. The zero-order valence-electron chi connectivity index (χ0n) is 14.2. The van der Waals surface area contributed by atoms with Crippen molar-refractivity contribution >= 4 is 40.1 Å². The van der Waals surface area contributed by atoms with Crippen LogP contribution >= 0.6 is 11.8 Å². The molecule has 1 N–H and O–H groups in total. The quantitative estimate of drug-likeness (QED) is 0.506. The fraction of sp³-hybridized carbons (Fsp3) is 0.211. The largest absolute Gasteiger partial charge is 0.335 e. The molecule has 7 heteroatoms. The van der Waals surface area contributed by atoms with Crippen LogP contribution in [0.5, 0.6) is 0 Å². The lowest BCUT2D eigenvalue weighted by Gasteiger charge is -2.15. The van der Waals surface area contributed by atoms with Gasteiger partial charge in [0, 0.05) is 18.7 Å². The van der Waals surface area contributed by atoms with Crippen molar-refractivity contribution in [1.82, 2.24) is 0 Å². The predicted octanol–water partition coefficient (Wildman–Crippen LogP) is 3.68. The Labute approximate surface area is 155 Å². The van der Waals surface area contributed by atoms with Gasteiger partial charge in [0.05, 0.1) is 5.69 Å². The first kappa shape index (κ1) is 18.1. The van der Waals surface area contributed by atoms with E-state index in [1.54, 1.807) is 0 Å². The molecule has 0 saturated carbocycles. The molecule has 1 fully saturated rings. The topological polar surface area (TPSA) is 61.8 Å². The first-order valence-corrected chi connectivity index (χ1v) is 9.12. The maximum atomic E-state index is 13.1. The number of carbonyl (C=O) groups is 2. The van der Waals surface area contributed by atoms with Gasteiger partial charge in [-0.05, 0) is 43.3 Å². The number of para-hydroxylation sites is 1. The van der Waals surface area contributed by atoms with Gasteiger partial charge in [-0.15, -0.1) is 0 Å². The number of carbonyl (C=O) groups excluding carboxylic acids is 2. The Morgan fingerprint density at radius 1 is 1.19 bits per heavy atom. The van der Waals surface area contributed by atoms with Crippen molar-refractivity contribution in [3.63, 3.8) is 0 Å². The van der Waals surface area contributed by atoms with Crippen LogP contribution in [-0.2, 0) is 9.59 Å². The van der Waals surface area contributed by atoms with Gasteiger partial charge in [0.1, 0.15) is 11.1 Å². The zero-order valence-corrected chi connectivity index (χ0v) is 15.0. The number of amidine groups is 1. The van der Waals surface area contributed by atoms with Gasteiger partial charge in [0.25, 0.3) is 0 Å². The van der Waals surface area contributed by atoms with Gasteiger partial charge in [0.15, 0.2) is 5.17 Å². The van der Waals surface area contributed by atoms with E-state index in [1.807, 2.05) is 37.3 Å². The Bertz CT molecular complexity index is 824. The van der Waals surface area contributed by atoms with Gasteiger partial charge in [-0.25, -0.2) is 9.29 Å². The lowest BCUT2D eigenvalue weighted by Crippen LogP contribution is -2.31. The molecule has 134 valence electrons. The number of halogens is 1. The lowest BCUT2D eigenvalue weighted by atomic mass is 10.3. The molecule has 1 heterocycles. The summed E-state index contributed by atoms with van der Waals surface area (Å²) in [7, 11) is 0. The Hall–Kier alpha value is -2.67. The van der Waals surface area contributed by atoms with E-state index in [4.69, 9.17) is 0 Å². The minimum atomic E-state index is -0.561. The van der Waals surface area contributed by atoms with Crippen molar-refractivity contribution in [2.24, 2.45) is 4.99 Å². The molecule has 0 bridgehead atoms. The lowest BCUT2D eigenvalue weighted by molar-refractivity contribution is -0.121. The van der Waals surface area contributed by atoms with Gasteiger partial charge in [0.2, 0.25) is 11.8 Å². The van der Waals surface area contributed by atoms with Crippen molar-refractivity contribution in [2.45, 2.75) is 18.6 Å². The Morgan fingerprint density at radius 3 is 2.54 bits per heavy atom. The zero-order chi connectivity index (χ0) is 18.5. The minimum Gasteiger partial charge on any atom is -0.335 e. The molecule has 26 heavy (non-hydrogen) atoms. The summed E-state index contributed by atoms with van der Waals surface area (Å²) in [6.45, 7) is 2.46. The van der Waals surface area contributed by atoms with E-state index < -0.39 is 11.1 Å². The third-order valence-electron chi connectivity index (χ3n) is 3.77. The number of hydrogen-bond donors (Lipinski definition) is 1. The van der Waals surface area contributed by atoms with Crippen molar-refractivity contribution < 1.29 is 14.0 Å². The number of anilines is 2. The molecule has 0 unspecified atom stereocenters. The number of rotatable bonds is 4. The molecule has 1 atom stereocenters. The first-order valence-electron chi connectivity index (χ1n) is 8.24. The summed E-state index contributed by atoms with van der Waals surface area (Å²) in [4.78, 5) is 30.5. The summed E-state index contributed by atoms with van der Waals surface area (Å²) >= 11 is 1.24. The fourth-order valence-electron chi connectivity index (χ4n) is 2.59. The van der Waals surface area contributed by atoms with Crippen LogP contribution in [0.15, 0.2) is 59.6 Å². The third-order valence-corrected chi connectivity index (χ3v) is 4.88. The minimum absolute atomic E-state index is 0.0834. The Kier molecular flexibility index (Phi) is 5.68. The molecular formula is C19H18FN3O2S. The number of hydrogen-bond acceptors (Lipinski definition) is 4. The molecule has 5 nitrogen and oxygen atoms in total. The molecule has 0 spiro atoms. The maximum Gasteiger partial charge on any atom is 0.247 e. The van der Waals surface area contributed by atoms with Crippen LogP contribution < -0.4 is 10.2 Å². The smallest absolute Gasteiger partial charge is 0.247 e. The van der Waals surface area contributed by atoms with Crippen molar-refractivity contribution in [3.8, 4) is 0 Å². The maximum absolute atomic E-state index is 13.1. The van der Waals surface area contributed by atoms with Crippen LogP contribution in [0.2, 0.25) is 0 Å².